The van der Waals surface area contributed by atoms with E-state index in [9.17, 15) is 0 Å². The predicted molar refractivity (Wildman–Crippen MR) is 89.3 cm³/mol. The highest BCUT2D eigenvalue weighted by Gasteiger charge is 2.05. The average molecular weight is 307 g/mol. The van der Waals surface area contributed by atoms with Gasteiger partial charge in [0.05, 0.1) is 11.3 Å². The molecule has 0 unspecified atom stereocenters. The molecule has 1 aromatic carbocycles. The van der Waals surface area contributed by atoms with Gasteiger partial charge in [0.15, 0.2) is 12.0 Å². The average Bonchev–Trinajstić information content (AvgIpc) is 3.04. The number of nitriles is 1. The Morgan fingerprint density at radius 1 is 1.22 bits per heavy atom. The van der Waals surface area contributed by atoms with Gasteiger partial charge in [-0.15, -0.1) is 0 Å². The standard InChI is InChI=1S/C17H17N5O/c1-2-19-17-15(7-13(9-18)10-21-17)20-6-5-12-3-4-14-16(8-12)23-11-22-14/h3-4,7-8,10-11,20H,2,5-6H2,1H3,(H,19,21). The van der Waals surface area contributed by atoms with Gasteiger partial charge in [-0.1, -0.05) is 6.07 Å². The van der Waals surface area contributed by atoms with Crippen molar-refractivity contribution in [3.63, 3.8) is 0 Å². The Morgan fingerprint density at radius 2 is 2.13 bits per heavy atom. The molecule has 0 spiro atoms. The summed E-state index contributed by atoms with van der Waals surface area (Å²) in [6.07, 6.45) is 3.86. The first-order chi connectivity index (χ1) is 11.3. The van der Waals surface area contributed by atoms with Crippen LogP contribution in [0.25, 0.3) is 11.1 Å². The second-order valence-corrected chi connectivity index (χ2v) is 5.09. The number of oxazole rings is 1. The van der Waals surface area contributed by atoms with Gasteiger partial charge in [0, 0.05) is 19.3 Å². The van der Waals surface area contributed by atoms with E-state index in [1.807, 2.05) is 31.2 Å². The smallest absolute Gasteiger partial charge is 0.181 e. The van der Waals surface area contributed by atoms with E-state index in [2.05, 4.69) is 26.7 Å². The molecule has 0 saturated carbocycles. The molecule has 0 radical (unpaired) electrons. The summed E-state index contributed by atoms with van der Waals surface area (Å²) in [6, 6.07) is 9.92. The highest BCUT2D eigenvalue weighted by molar-refractivity contribution is 5.72. The van der Waals surface area contributed by atoms with Crippen LogP contribution in [0.5, 0.6) is 0 Å². The van der Waals surface area contributed by atoms with Crippen LogP contribution in [0.1, 0.15) is 18.1 Å². The third-order valence-corrected chi connectivity index (χ3v) is 3.49. The normalized spacial score (nSPS) is 10.4. The quantitative estimate of drug-likeness (QED) is 0.727. The molecular formula is C17H17N5O. The second-order valence-electron chi connectivity index (χ2n) is 5.09. The number of aromatic nitrogens is 2. The van der Waals surface area contributed by atoms with Gasteiger partial charge in [0.2, 0.25) is 0 Å². The maximum Gasteiger partial charge on any atom is 0.181 e. The lowest BCUT2D eigenvalue weighted by Gasteiger charge is -2.12. The summed E-state index contributed by atoms with van der Waals surface area (Å²) in [5.74, 6) is 0.761. The first-order valence-corrected chi connectivity index (χ1v) is 7.50. The van der Waals surface area contributed by atoms with E-state index in [1.54, 1.807) is 6.20 Å². The van der Waals surface area contributed by atoms with Gasteiger partial charge in [-0.25, -0.2) is 9.97 Å². The van der Waals surface area contributed by atoms with E-state index < -0.39 is 0 Å². The Kier molecular flexibility index (Phi) is 4.39. The molecule has 0 atom stereocenters. The van der Waals surface area contributed by atoms with Gasteiger partial charge in [-0.05, 0) is 37.1 Å². The van der Waals surface area contributed by atoms with Crippen LogP contribution in [0.4, 0.5) is 11.5 Å². The molecule has 3 aromatic rings. The van der Waals surface area contributed by atoms with Gasteiger partial charge >= 0.3 is 0 Å². The van der Waals surface area contributed by atoms with Gasteiger partial charge in [-0.2, -0.15) is 5.26 Å². The predicted octanol–water partition coefficient (Wildman–Crippen LogP) is 3.18. The fraction of sp³-hybridized carbons (Fsp3) is 0.235. The molecule has 0 bridgehead atoms. The van der Waals surface area contributed by atoms with Gasteiger partial charge in [0.25, 0.3) is 0 Å². The van der Waals surface area contributed by atoms with Crippen LogP contribution in [-0.4, -0.2) is 23.1 Å². The number of anilines is 2. The van der Waals surface area contributed by atoms with Crippen LogP contribution in [0.3, 0.4) is 0 Å². The summed E-state index contributed by atoms with van der Waals surface area (Å²) >= 11 is 0. The molecule has 6 heteroatoms. The lowest BCUT2D eigenvalue weighted by Crippen LogP contribution is -2.09. The van der Waals surface area contributed by atoms with E-state index in [4.69, 9.17) is 9.68 Å². The van der Waals surface area contributed by atoms with E-state index in [-0.39, 0.29) is 0 Å². The topological polar surface area (TPSA) is 86.8 Å². The Balaban J connectivity index is 1.68. The molecule has 2 heterocycles. The van der Waals surface area contributed by atoms with Crippen molar-refractivity contribution in [1.82, 2.24) is 9.97 Å². The molecular weight excluding hydrogens is 290 g/mol. The Hall–Kier alpha value is -3.07. The van der Waals surface area contributed by atoms with Crippen LogP contribution in [-0.2, 0) is 6.42 Å². The largest absolute Gasteiger partial charge is 0.443 e. The SMILES string of the molecule is CCNc1ncc(C#N)cc1NCCc1ccc2ncoc2c1. The number of pyridine rings is 1. The Bertz CT molecular complexity index is 850. The van der Waals surface area contributed by atoms with Gasteiger partial charge in [0.1, 0.15) is 17.4 Å². The van der Waals surface area contributed by atoms with Crippen molar-refractivity contribution in [2.75, 3.05) is 23.7 Å². The monoisotopic (exact) mass is 307 g/mol. The zero-order valence-corrected chi connectivity index (χ0v) is 12.8. The van der Waals surface area contributed by atoms with Gasteiger partial charge < -0.3 is 15.1 Å². The first kappa shape index (κ1) is 14.9. The maximum absolute atomic E-state index is 9.01. The highest BCUT2D eigenvalue weighted by atomic mass is 16.3. The zero-order valence-electron chi connectivity index (χ0n) is 12.8. The number of hydrogen-bond donors (Lipinski definition) is 2. The lowest BCUT2D eigenvalue weighted by molar-refractivity contribution is 0.601. The summed E-state index contributed by atoms with van der Waals surface area (Å²) in [4.78, 5) is 8.39. The number of fused-ring (bicyclic) bond motifs is 1. The van der Waals surface area contributed by atoms with Crippen molar-refractivity contribution in [3.05, 3.63) is 48.0 Å². The molecule has 0 aliphatic heterocycles. The van der Waals surface area contributed by atoms with Crippen molar-refractivity contribution >= 4 is 22.6 Å². The molecule has 0 aliphatic carbocycles. The summed E-state index contributed by atoms with van der Waals surface area (Å²) in [5, 5.41) is 15.5. The maximum atomic E-state index is 9.01. The van der Waals surface area contributed by atoms with Crippen molar-refractivity contribution < 1.29 is 4.42 Å². The summed E-state index contributed by atoms with van der Waals surface area (Å²) < 4.78 is 5.32. The van der Waals surface area contributed by atoms with Crippen molar-refractivity contribution in [1.29, 1.82) is 5.26 Å². The Morgan fingerprint density at radius 3 is 2.96 bits per heavy atom. The summed E-state index contributed by atoms with van der Waals surface area (Å²) in [5.41, 5.74) is 4.20. The van der Waals surface area contributed by atoms with E-state index in [0.29, 0.717) is 5.56 Å². The van der Waals surface area contributed by atoms with Crippen molar-refractivity contribution in [3.8, 4) is 6.07 Å². The number of benzene rings is 1. The molecule has 0 fully saturated rings. The minimum Gasteiger partial charge on any atom is -0.443 e. The molecule has 0 aliphatic rings. The van der Waals surface area contributed by atoms with Crippen LogP contribution < -0.4 is 10.6 Å². The molecule has 0 amide bonds. The van der Waals surface area contributed by atoms with E-state index in [0.717, 1.165) is 47.7 Å². The minimum atomic E-state index is 0.539. The van der Waals surface area contributed by atoms with Gasteiger partial charge in [-0.3, -0.25) is 0 Å². The van der Waals surface area contributed by atoms with Crippen molar-refractivity contribution in [2.45, 2.75) is 13.3 Å². The second kappa shape index (κ2) is 6.79. The van der Waals surface area contributed by atoms with Crippen LogP contribution in [0, 0.1) is 11.3 Å². The molecule has 0 saturated heterocycles. The summed E-state index contributed by atoms with van der Waals surface area (Å²) in [6.45, 7) is 3.51. The third-order valence-electron chi connectivity index (χ3n) is 3.49. The minimum absolute atomic E-state index is 0.539. The molecule has 6 nitrogen and oxygen atoms in total. The van der Waals surface area contributed by atoms with Crippen LogP contribution in [0.2, 0.25) is 0 Å². The highest BCUT2D eigenvalue weighted by Crippen LogP contribution is 2.20. The molecule has 2 N–H and O–H groups in total. The van der Waals surface area contributed by atoms with Crippen LogP contribution in [0.15, 0.2) is 41.3 Å². The van der Waals surface area contributed by atoms with Crippen LogP contribution >= 0.6 is 0 Å². The molecule has 23 heavy (non-hydrogen) atoms. The fourth-order valence-electron chi connectivity index (χ4n) is 2.37. The lowest BCUT2D eigenvalue weighted by atomic mass is 10.1. The molecule has 2 aromatic heterocycles. The molecule has 3 rings (SSSR count). The van der Waals surface area contributed by atoms with E-state index in [1.165, 1.54) is 6.39 Å². The summed E-state index contributed by atoms with van der Waals surface area (Å²) in [7, 11) is 0. The fourth-order valence-corrected chi connectivity index (χ4v) is 2.37. The Labute approximate surface area is 134 Å². The number of hydrogen-bond acceptors (Lipinski definition) is 6. The van der Waals surface area contributed by atoms with Crippen molar-refractivity contribution in [2.24, 2.45) is 0 Å². The number of nitrogens with one attached hydrogen (secondary N) is 2. The number of rotatable bonds is 6. The first-order valence-electron chi connectivity index (χ1n) is 7.50. The molecule has 116 valence electrons. The zero-order chi connectivity index (χ0) is 16.1. The van der Waals surface area contributed by atoms with E-state index >= 15 is 0 Å². The third kappa shape index (κ3) is 3.40. The number of nitrogens with zero attached hydrogens (tertiary/aromatic N) is 3.